The van der Waals surface area contributed by atoms with Gasteiger partial charge in [0, 0.05) is 22.7 Å². The van der Waals surface area contributed by atoms with Crippen molar-refractivity contribution in [1.82, 2.24) is 4.57 Å². The lowest BCUT2D eigenvalue weighted by atomic mass is 10.1. The zero-order valence-electron chi connectivity index (χ0n) is 17.1. The molecule has 0 aliphatic heterocycles. The van der Waals surface area contributed by atoms with Crippen LogP contribution in [0.4, 0.5) is 5.69 Å². The Morgan fingerprint density at radius 1 is 0.900 bits per heavy atom. The van der Waals surface area contributed by atoms with Crippen molar-refractivity contribution in [2.24, 2.45) is 0 Å². The summed E-state index contributed by atoms with van der Waals surface area (Å²) < 4.78 is 6.87. The summed E-state index contributed by atoms with van der Waals surface area (Å²) in [5.74, 6) is 0.255. The van der Waals surface area contributed by atoms with Crippen LogP contribution in [0.5, 0.6) is 5.75 Å². The van der Waals surface area contributed by atoms with Crippen LogP contribution in [0.25, 0.3) is 16.5 Å². The van der Waals surface area contributed by atoms with Crippen LogP contribution in [0.1, 0.15) is 21.5 Å². The van der Waals surface area contributed by atoms with Crippen molar-refractivity contribution in [3.63, 3.8) is 0 Å². The molecule has 5 heteroatoms. The van der Waals surface area contributed by atoms with Crippen LogP contribution in [0, 0.1) is 13.8 Å². The molecule has 0 bridgehead atoms. The minimum Gasteiger partial charge on any atom is -0.495 e. The molecular formula is C25H22N2O3. The van der Waals surface area contributed by atoms with Crippen LogP contribution >= 0.6 is 0 Å². The van der Waals surface area contributed by atoms with Gasteiger partial charge < -0.3 is 10.1 Å². The second-order valence-corrected chi connectivity index (χ2v) is 7.19. The van der Waals surface area contributed by atoms with Gasteiger partial charge in [0.25, 0.3) is 11.5 Å². The highest BCUT2D eigenvalue weighted by Crippen LogP contribution is 2.25. The number of methoxy groups -OCH3 is 1. The SMILES string of the molecule is COc1ccccc1NC(=O)c1cn(-c2ccc(C)c(C)c2)c(=O)c2ccccc12. The highest BCUT2D eigenvalue weighted by Gasteiger charge is 2.17. The molecule has 0 radical (unpaired) electrons. The van der Waals surface area contributed by atoms with Crippen molar-refractivity contribution in [2.75, 3.05) is 12.4 Å². The standard InChI is InChI=1S/C25H22N2O3/c1-16-12-13-18(14-17(16)2)27-15-21(19-8-4-5-9-20(19)25(27)29)24(28)26-22-10-6-7-11-23(22)30-3/h4-15H,1-3H3,(H,26,28). The lowest BCUT2D eigenvalue weighted by Gasteiger charge is -2.14. The van der Waals surface area contributed by atoms with Gasteiger partial charge in [0.2, 0.25) is 0 Å². The number of aromatic nitrogens is 1. The highest BCUT2D eigenvalue weighted by molar-refractivity contribution is 6.13. The molecule has 0 unspecified atom stereocenters. The monoisotopic (exact) mass is 398 g/mol. The molecule has 5 nitrogen and oxygen atoms in total. The molecule has 4 rings (SSSR count). The molecule has 0 atom stereocenters. The first kappa shape index (κ1) is 19.5. The maximum absolute atomic E-state index is 13.2. The fraction of sp³-hybridized carbons (Fsp3) is 0.120. The van der Waals surface area contributed by atoms with E-state index in [-0.39, 0.29) is 11.5 Å². The van der Waals surface area contributed by atoms with E-state index < -0.39 is 0 Å². The van der Waals surface area contributed by atoms with Gasteiger partial charge >= 0.3 is 0 Å². The second-order valence-electron chi connectivity index (χ2n) is 7.19. The Labute approximate surface area is 174 Å². The number of benzene rings is 3. The summed E-state index contributed by atoms with van der Waals surface area (Å²) in [6.45, 7) is 4.02. The fourth-order valence-electron chi connectivity index (χ4n) is 3.48. The van der Waals surface area contributed by atoms with Crippen LogP contribution in [0.2, 0.25) is 0 Å². The van der Waals surface area contributed by atoms with Gasteiger partial charge in [-0.25, -0.2) is 0 Å². The molecule has 4 aromatic rings. The molecule has 0 aliphatic carbocycles. The van der Waals surface area contributed by atoms with E-state index in [1.807, 2.05) is 50.2 Å². The lowest BCUT2D eigenvalue weighted by molar-refractivity contribution is 0.102. The number of pyridine rings is 1. The van der Waals surface area contributed by atoms with Crippen LogP contribution in [0.3, 0.4) is 0 Å². The average molecular weight is 398 g/mol. The minimum atomic E-state index is -0.312. The molecule has 0 aliphatic rings. The Morgan fingerprint density at radius 2 is 1.60 bits per heavy atom. The number of nitrogens with zero attached hydrogens (tertiary/aromatic N) is 1. The summed E-state index contributed by atoms with van der Waals surface area (Å²) in [7, 11) is 1.56. The van der Waals surface area contributed by atoms with Crippen molar-refractivity contribution >= 4 is 22.4 Å². The third-order valence-electron chi connectivity index (χ3n) is 5.29. The number of carbonyl (C=O) groups is 1. The zero-order chi connectivity index (χ0) is 21.3. The van der Waals surface area contributed by atoms with Crippen molar-refractivity contribution < 1.29 is 9.53 Å². The van der Waals surface area contributed by atoms with Crippen LogP contribution in [-0.4, -0.2) is 17.6 Å². The molecule has 0 spiro atoms. The minimum absolute atomic E-state index is 0.164. The quantitative estimate of drug-likeness (QED) is 0.534. The number of anilines is 1. The predicted molar refractivity (Wildman–Crippen MR) is 120 cm³/mol. The summed E-state index contributed by atoms with van der Waals surface area (Å²) in [5.41, 5.74) is 3.75. The Bertz CT molecular complexity index is 1320. The molecule has 1 heterocycles. The van der Waals surface area contributed by atoms with Crippen molar-refractivity contribution in [3.8, 4) is 11.4 Å². The zero-order valence-corrected chi connectivity index (χ0v) is 17.1. The van der Waals surface area contributed by atoms with E-state index in [4.69, 9.17) is 4.74 Å². The number of nitrogens with one attached hydrogen (secondary N) is 1. The van der Waals surface area contributed by atoms with Crippen LogP contribution in [-0.2, 0) is 0 Å². The molecule has 1 N–H and O–H groups in total. The van der Waals surface area contributed by atoms with E-state index in [0.717, 1.165) is 16.8 Å². The molecule has 0 saturated carbocycles. The summed E-state index contributed by atoms with van der Waals surface area (Å²) in [6.07, 6.45) is 1.61. The average Bonchev–Trinajstić information content (AvgIpc) is 2.76. The Morgan fingerprint density at radius 3 is 2.33 bits per heavy atom. The first-order valence-electron chi connectivity index (χ1n) is 9.66. The van der Waals surface area contributed by atoms with Crippen LogP contribution < -0.4 is 15.6 Å². The number of rotatable bonds is 4. The number of ether oxygens (including phenoxy) is 1. The van der Waals surface area contributed by atoms with Crippen molar-refractivity contribution in [2.45, 2.75) is 13.8 Å². The van der Waals surface area contributed by atoms with Crippen molar-refractivity contribution in [1.29, 1.82) is 0 Å². The molecule has 1 aromatic heterocycles. The van der Waals surface area contributed by atoms with Gasteiger partial charge in [0.1, 0.15) is 5.75 Å². The molecule has 0 saturated heterocycles. The van der Waals surface area contributed by atoms with Crippen molar-refractivity contribution in [3.05, 3.63) is 100.0 Å². The van der Waals surface area contributed by atoms with E-state index in [1.54, 1.807) is 43.6 Å². The van der Waals surface area contributed by atoms with Gasteiger partial charge in [0.15, 0.2) is 0 Å². The number of carbonyl (C=O) groups excluding carboxylic acids is 1. The summed E-state index contributed by atoms with van der Waals surface area (Å²) in [5, 5.41) is 4.00. The largest absolute Gasteiger partial charge is 0.495 e. The summed E-state index contributed by atoms with van der Waals surface area (Å²) >= 11 is 0. The third-order valence-corrected chi connectivity index (χ3v) is 5.29. The maximum atomic E-state index is 13.2. The molecular weight excluding hydrogens is 376 g/mol. The van der Waals surface area contributed by atoms with Gasteiger partial charge in [-0.1, -0.05) is 36.4 Å². The number of amides is 1. The van der Waals surface area contributed by atoms with E-state index in [2.05, 4.69) is 5.32 Å². The molecule has 0 fully saturated rings. The van der Waals surface area contributed by atoms with E-state index in [1.165, 1.54) is 4.57 Å². The molecule has 3 aromatic carbocycles. The van der Waals surface area contributed by atoms with Gasteiger partial charge in [-0.15, -0.1) is 0 Å². The molecule has 150 valence electrons. The Balaban J connectivity index is 1.89. The smallest absolute Gasteiger partial charge is 0.262 e. The third kappa shape index (κ3) is 3.46. The van der Waals surface area contributed by atoms with Gasteiger partial charge in [-0.2, -0.15) is 0 Å². The molecule has 1 amide bonds. The first-order chi connectivity index (χ1) is 14.5. The fourth-order valence-corrected chi connectivity index (χ4v) is 3.48. The summed E-state index contributed by atoms with van der Waals surface area (Å²) in [6, 6.07) is 20.2. The number of para-hydroxylation sites is 2. The lowest BCUT2D eigenvalue weighted by Crippen LogP contribution is -2.23. The number of fused-ring (bicyclic) bond motifs is 1. The predicted octanol–water partition coefficient (Wildman–Crippen LogP) is 4.87. The number of hydrogen-bond donors (Lipinski definition) is 1. The second kappa shape index (κ2) is 7.87. The maximum Gasteiger partial charge on any atom is 0.262 e. The molecule has 30 heavy (non-hydrogen) atoms. The van der Waals surface area contributed by atoms with Crippen LogP contribution in [0.15, 0.2) is 77.7 Å². The normalized spacial score (nSPS) is 10.8. The number of hydrogen-bond acceptors (Lipinski definition) is 3. The Kier molecular flexibility index (Phi) is 5.11. The number of aryl methyl sites for hydroxylation is 2. The van der Waals surface area contributed by atoms with E-state index in [9.17, 15) is 9.59 Å². The van der Waals surface area contributed by atoms with E-state index >= 15 is 0 Å². The topological polar surface area (TPSA) is 60.3 Å². The van der Waals surface area contributed by atoms with Gasteiger partial charge in [-0.05, 0) is 55.3 Å². The Hall–Kier alpha value is -3.86. The van der Waals surface area contributed by atoms with Gasteiger partial charge in [-0.3, -0.25) is 14.2 Å². The first-order valence-corrected chi connectivity index (χ1v) is 9.66. The van der Waals surface area contributed by atoms with Gasteiger partial charge in [0.05, 0.1) is 18.4 Å². The summed E-state index contributed by atoms with van der Waals surface area (Å²) in [4.78, 5) is 26.4. The van der Waals surface area contributed by atoms with E-state index in [0.29, 0.717) is 27.8 Å². The highest BCUT2D eigenvalue weighted by atomic mass is 16.5.